The van der Waals surface area contributed by atoms with Gasteiger partial charge in [0.05, 0.1) is 0 Å². The molecule has 0 spiro atoms. The fourth-order valence-electron chi connectivity index (χ4n) is 1.85. The van der Waals surface area contributed by atoms with Gasteiger partial charge >= 0.3 is 0 Å². The van der Waals surface area contributed by atoms with Gasteiger partial charge in [0, 0.05) is 18.8 Å². The van der Waals surface area contributed by atoms with Crippen LogP contribution in [0.3, 0.4) is 0 Å². The summed E-state index contributed by atoms with van der Waals surface area (Å²) in [4.78, 5) is 11.1. The lowest BCUT2D eigenvalue weighted by molar-refractivity contribution is -0.113. The third-order valence-corrected chi connectivity index (χ3v) is 3.34. The maximum Gasteiger partial charge on any atom is 0.239 e. The summed E-state index contributed by atoms with van der Waals surface area (Å²) in [7, 11) is 2.72. The fraction of sp³-hybridized carbons (Fsp3) is 0.462. The molecular weight excluding hydrogens is 267 g/mol. The number of fused-ring (bicyclic) bond motifs is 1. The number of alkyl halides is 1. The third-order valence-electron chi connectivity index (χ3n) is 2.65. The van der Waals surface area contributed by atoms with E-state index in [0.717, 1.165) is 25.2 Å². The van der Waals surface area contributed by atoms with E-state index in [9.17, 15) is 4.79 Å². The number of halogens is 1. The summed E-state index contributed by atoms with van der Waals surface area (Å²) in [6.07, 6.45) is 1.02. The number of carbonyl (C=O) groups is 1. The Morgan fingerprint density at radius 2 is 2.17 bits per heavy atom. The van der Waals surface area contributed by atoms with Crippen molar-refractivity contribution >= 4 is 32.6 Å². The molecule has 0 saturated carbocycles. The summed E-state index contributed by atoms with van der Waals surface area (Å²) in [5.41, 5.74) is 3.47. The van der Waals surface area contributed by atoms with Gasteiger partial charge in [-0.15, -0.1) is 11.6 Å². The van der Waals surface area contributed by atoms with Gasteiger partial charge in [0.15, 0.2) is 0 Å². The second-order valence-electron chi connectivity index (χ2n) is 3.89. The van der Waals surface area contributed by atoms with Crippen LogP contribution < -0.4 is 5.32 Å². The molecule has 1 N–H and O–H groups in total. The standard InChI is InChI=1S/C11H14ClN2OP.C2H6/c12-6-11(15)13-10-2-1-9-7-14(16)4-3-8(9)5-10;1-2/h1-2,5H,3-4,6-7,16H2,(H,13,15);1-2H3. The summed E-state index contributed by atoms with van der Waals surface area (Å²) in [5, 5.41) is 2.76. The van der Waals surface area contributed by atoms with Crippen molar-refractivity contribution in [3.05, 3.63) is 29.3 Å². The van der Waals surface area contributed by atoms with E-state index in [4.69, 9.17) is 11.6 Å². The highest BCUT2D eigenvalue weighted by Crippen LogP contribution is 2.24. The predicted octanol–water partition coefficient (Wildman–Crippen LogP) is 3.04. The lowest BCUT2D eigenvalue weighted by atomic mass is 10.0. The molecule has 3 nitrogen and oxygen atoms in total. The van der Waals surface area contributed by atoms with Crippen molar-refractivity contribution < 1.29 is 4.79 Å². The second kappa shape index (κ2) is 7.73. The topological polar surface area (TPSA) is 32.3 Å². The van der Waals surface area contributed by atoms with Crippen LogP contribution in [0.2, 0.25) is 0 Å². The maximum absolute atomic E-state index is 11.1. The zero-order valence-corrected chi connectivity index (χ0v) is 12.8. The van der Waals surface area contributed by atoms with Crippen LogP contribution in [0, 0.1) is 0 Å². The Morgan fingerprint density at radius 3 is 2.83 bits per heavy atom. The van der Waals surface area contributed by atoms with Crippen molar-refractivity contribution in [3.8, 4) is 0 Å². The van der Waals surface area contributed by atoms with Crippen LogP contribution >= 0.6 is 21.0 Å². The first-order valence-electron chi connectivity index (χ1n) is 6.16. The van der Waals surface area contributed by atoms with E-state index in [1.807, 2.05) is 26.0 Å². The molecule has 0 aromatic heterocycles. The van der Waals surface area contributed by atoms with E-state index in [0.29, 0.717) is 0 Å². The third kappa shape index (κ3) is 4.24. The predicted molar refractivity (Wildman–Crippen MR) is 81.0 cm³/mol. The highest BCUT2D eigenvalue weighted by molar-refractivity contribution is 7.13. The van der Waals surface area contributed by atoms with Gasteiger partial charge in [-0.25, -0.2) is 0 Å². The Labute approximate surface area is 116 Å². The largest absolute Gasteiger partial charge is 0.325 e. The quantitative estimate of drug-likeness (QED) is 0.669. The van der Waals surface area contributed by atoms with Gasteiger partial charge in [0.1, 0.15) is 5.88 Å². The van der Waals surface area contributed by atoms with E-state index in [1.54, 1.807) is 0 Å². The van der Waals surface area contributed by atoms with Crippen molar-refractivity contribution in [1.29, 1.82) is 0 Å². The highest BCUT2D eigenvalue weighted by atomic mass is 35.5. The van der Waals surface area contributed by atoms with Crippen LogP contribution in [0.25, 0.3) is 0 Å². The summed E-state index contributed by atoms with van der Waals surface area (Å²) < 4.78 is 2.21. The molecule has 1 aromatic carbocycles. The Balaban J connectivity index is 0.000000771. The average Bonchev–Trinajstić information content (AvgIpc) is 2.41. The molecule has 1 aliphatic heterocycles. The number of rotatable bonds is 2. The second-order valence-corrected chi connectivity index (χ2v) is 4.88. The molecule has 0 aliphatic carbocycles. The lowest BCUT2D eigenvalue weighted by Gasteiger charge is -2.25. The fourth-order valence-corrected chi connectivity index (χ4v) is 2.24. The number of anilines is 1. The number of carbonyl (C=O) groups excluding carboxylic acids is 1. The molecule has 1 aromatic rings. The van der Waals surface area contributed by atoms with E-state index in [-0.39, 0.29) is 11.8 Å². The molecule has 1 heterocycles. The van der Waals surface area contributed by atoms with Gasteiger partial charge in [-0.05, 0) is 29.7 Å². The van der Waals surface area contributed by atoms with Crippen molar-refractivity contribution in [3.63, 3.8) is 0 Å². The SMILES string of the molecule is CC.O=C(CCl)Nc1ccc2c(c1)CCN(P)C2. The number of nitrogens with one attached hydrogen (secondary N) is 1. The van der Waals surface area contributed by atoms with Gasteiger partial charge in [0.25, 0.3) is 0 Å². The van der Waals surface area contributed by atoms with Crippen LogP contribution in [0.1, 0.15) is 25.0 Å². The molecule has 0 saturated heterocycles. The zero-order valence-electron chi connectivity index (χ0n) is 10.9. The summed E-state index contributed by atoms with van der Waals surface area (Å²) in [6.45, 7) is 5.98. The summed E-state index contributed by atoms with van der Waals surface area (Å²) in [6, 6.07) is 6.03. The first-order chi connectivity index (χ1) is 8.69. The Bertz CT molecular complexity index is 412. The van der Waals surface area contributed by atoms with Gasteiger partial charge in [-0.1, -0.05) is 29.3 Å². The molecular formula is C13H20ClN2OP. The minimum absolute atomic E-state index is 0.00351. The van der Waals surface area contributed by atoms with Crippen molar-refractivity contribution in [2.75, 3.05) is 17.7 Å². The molecule has 1 amide bonds. The molecule has 1 atom stereocenters. The molecule has 2 rings (SSSR count). The van der Waals surface area contributed by atoms with Crippen LogP contribution in [0.4, 0.5) is 5.69 Å². The molecule has 5 heteroatoms. The minimum Gasteiger partial charge on any atom is -0.325 e. The molecule has 0 bridgehead atoms. The Morgan fingerprint density at radius 1 is 1.44 bits per heavy atom. The Kier molecular flexibility index (Phi) is 6.62. The van der Waals surface area contributed by atoms with E-state index in [1.165, 1.54) is 11.1 Å². The van der Waals surface area contributed by atoms with E-state index in [2.05, 4.69) is 25.4 Å². The van der Waals surface area contributed by atoms with E-state index >= 15 is 0 Å². The monoisotopic (exact) mass is 286 g/mol. The van der Waals surface area contributed by atoms with Crippen LogP contribution in [-0.4, -0.2) is 23.0 Å². The Hall–Kier alpha value is -0.630. The molecule has 18 heavy (non-hydrogen) atoms. The van der Waals surface area contributed by atoms with Gasteiger partial charge < -0.3 is 5.32 Å². The smallest absolute Gasteiger partial charge is 0.239 e. The summed E-state index contributed by atoms with van der Waals surface area (Å²) >= 11 is 5.44. The molecule has 1 aliphatic rings. The molecule has 0 radical (unpaired) electrons. The normalized spacial score (nSPS) is 14.2. The van der Waals surface area contributed by atoms with Crippen LogP contribution in [0.5, 0.6) is 0 Å². The number of amides is 1. The number of benzene rings is 1. The zero-order chi connectivity index (χ0) is 13.5. The van der Waals surface area contributed by atoms with Gasteiger partial charge in [0.2, 0.25) is 5.91 Å². The lowest BCUT2D eigenvalue weighted by Crippen LogP contribution is -2.22. The molecule has 0 fully saturated rings. The van der Waals surface area contributed by atoms with Gasteiger partial charge in [-0.3, -0.25) is 9.46 Å². The first-order valence-corrected chi connectivity index (χ1v) is 7.21. The van der Waals surface area contributed by atoms with Crippen LogP contribution in [-0.2, 0) is 17.8 Å². The van der Waals surface area contributed by atoms with Crippen LogP contribution in [0.15, 0.2) is 18.2 Å². The van der Waals surface area contributed by atoms with E-state index < -0.39 is 0 Å². The van der Waals surface area contributed by atoms with Crippen molar-refractivity contribution in [2.45, 2.75) is 26.8 Å². The number of hydrogen-bond acceptors (Lipinski definition) is 2. The number of nitrogens with zero attached hydrogens (tertiary/aromatic N) is 1. The first kappa shape index (κ1) is 15.4. The average molecular weight is 287 g/mol. The van der Waals surface area contributed by atoms with Crippen molar-refractivity contribution in [2.24, 2.45) is 0 Å². The summed E-state index contributed by atoms with van der Waals surface area (Å²) in [5.74, 6) is -0.165. The molecule has 1 unspecified atom stereocenters. The maximum atomic E-state index is 11.1. The number of hydrogen-bond donors (Lipinski definition) is 1. The van der Waals surface area contributed by atoms with Crippen molar-refractivity contribution in [1.82, 2.24) is 4.67 Å². The minimum atomic E-state index is -0.162. The highest BCUT2D eigenvalue weighted by Gasteiger charge is 2.13. The molecule has 100 valence electrons. The van der Waals surface area contributed by atoms with Gasteiger partial charge in [-0.2, -0.15) is 0 Å².